The van der Waals surface area contributed by atoms with E-state index in [2.05, 4.69) is 9.88 Å². The summed E-state index contributed by atoms with van der Waals surface area (Å²) in [5, 5.41) is 10.2. The number of carboxylic acid groups (broad SMARTS) is 1. The van der Waals surface area contributed by atoms with Gasteiger partial charge in [-0.2, -0.15) is 0 Å². The molecule has 2 aromatic rings. The highest BCUT2D eigenvalue weighted by Gasteiger charge is 2.16. The van der Waals surface area contributed by atoms with Crippen LogP contribution in [-0.4, -0.2) is 34.0 Å². The molecule has 0 unspecified atom stereocenters. The summed E-state index contributed by atoms with van der Waals surface area (Å²) in [6.07, 6.45) is 4.47. The lowest BCUT2D eigenvalue weighted by atomic mass is 10.1. The number of hydrogen-bond acceptors (Lipinski definition) is 2. The van der Waals surface area contributed by atoms with E-state index in [1.807, 2.05) is 18.3 Å². The van der Waals surface area contributed by atoms with Gasteiger partial charge in [0.25, 0.3) is 0 Å². The monoisotopic (exact) mass is 244 g/mol. The molecule has 0 radical (unpaired) electrons. The van der Waals surface area contributed by atoms with Gasteiger partial charge in [-0.3, -0.25) is 4.90 Å². The molecule has 0 aliphatic carbocycles. The van der Waals surface area contributed by atoms with Gasteiger partial charge in [-0.15, -0.1) is 0 Å². The number of hydrogen-bond donors (Lipinski definition) is 2. The third-order valence-electron chi connectivity index (χ3n) is 3.62. The third kappa shape index (κ3) is 1.88. The molecule has 0 atom stereocenters. The lowest BCUT2D eigenvalue weighted by Crippen LogP contribution is -2.18. The third-order valence-corrected chi connectivity index (χ3v) is 3.62. The normalized spacial score (nSPS) is 16.4. The van der Waals surface area contributed by atoms with Crippen LogP contribution in [0.1, 0.15) is 28.8 Å². The average molecular weight is 244 g/mol. The van der Waals surface area contributed by atoms with Gasteiger partial charge in [0, 0.05) is 18.1 Å². The van der Waals surface area contributed by atoms with Crippen LogP contribution in [0.25, 0.3) is 10.9 Å². The topological polar surface area (TPSA) is 56.3 Å². The number of carbonyl (C=O) groups is 1. The fourth-order valence-corrected chi connectivity index (χ4v) is 2.70. The second-order valence-corrected chi connectivity index (χ2v) is 4.83. The second-order valence-electron chi connectivity index (χ2n) is 4.83. The van der Waals surface area contributed by atoms with Crippen LogP contribution < -0.4 is 0 Å². The van der Waals surface area contributed by atoms with Crippen molar-refractivity contribution in [2.75, 3.05) is 13.1 Å². The van der Waals surface area contributed by atoms with Gasteiger partial charge in [0.05, 0.1) is 11.1 Å². The van der Waals surface area contributed by atoms with Gasteiger partial charge in [0.2, 0.25) is 0 Å². The van der Waals surface area contributed by atoms with E-state index in [9.17, 15) is 4.79 Å². The van der Waals surface area contributed by atoms with E-state index < -0.39 is 5.97 Å². The summed E-state index contributed by atoms with van der Waals surface area (Å²) in [4.78, 5) is 16.7. The fraction of sp³-hybridized carbons (Fsp3) is 0.357. The molecule has 1 aliphatic rings. The Morgan fingerprint density at radius 2 is 2.11 bits per heavy atom. The number of likely N-dealkylation sites (tertiary alicyclic amines) is 1. The van der Waals surface area contributed by atoms with Crippen molar-refractivity contribution in [1.29, 1.82) is 0 Å². The molecule has 0 saturated carbocycles. The summed E-state index contributed by atoms with van der Waals surface area (Å²) in [6.45, 7) is 3.19. The average Bonchev–Trinajstić information content (AvgIpc) is 2.99. The number of fused-ring (bicyclic) bond motifs is 1. The van der Waals surface area contributed by atoms with Gasteiger partial charge in [-0.1, -0.05) is 12.1 Å². The first-order chi connectivity index (χ1) is 8.75. The summed E-state index contributed by atoms with van der Waals surface area (Å²) in [7, 11) is 0. The van der Waals surface area contributed by atoms with Gasteiger partial charge in [0.1, 0.15) is 0 Å². The molecule has 1 saturated heterocycles. The summed E-state index contributed by atoms with van der Waals surface area (Å²) in [5.74, 6) is -0.879. The Hall–Kier alpha value is -1.81. The fourth-order valence-electron chi connectivity index (χ4n) is 2.70. The van der Waals surface area contributed by atoms with E-state index in [-0.39, 0.29) is 0 Å². The number of H-pyrrole nitrogens is 1. The minimum atomic E-state index is -0.879. The van der Waals surface area contributed by atoms with Crippen molar-refractivity contribution in [2.24, 2.45) is 0 Å². The van der Waals surface area contributed by atoms with E-state index in [1.54, 1.807) is 6.07 Å². The Kier molecular flexibility index (Phi) is 2.80. The lowest BCUT2D eigenvalue weighted by molar-refractivity contribution is 0.0699. The Bertz CT molecular complexity index is 582. The van der Waals surface area contributed by atoms with E-state index in [0.29, 0.717) is 5.56 Å². The molecule has 0 amide bonds. The van der Waals surface area contributed by atoms with Crippen LogP contribution in [0.4, 0.5) is 0 Å². The van der Waals surface area contributed by atoms with Crippen molar-refractivity contribution in [1.82, 2.24) is 9.88 Å². The largest absolute Gasteiger partial charge is 0.478 e. The van der Waals surface area contributed by atoms with Crippen LogP contribution in [0.15, 0.2) is 24.4 Å². The highest BCUT2D eigenvalue weighted by atomic mass is 16.4. The number of para-hydroxylation sites is 1. The molecule has 1 aromatic carbocycles. The minimum absolute atomic E-state index is 0.347. The highest BCUT2D eigenvalue weighted by Crippen LogP contribution is 2.24. The van der Waals surface area contributed by atoms with Crippen molar-refractivity contribution in [3.05, 3.63) is 35.5 Å². The van der Waals surface area contributed by atoms with E-state index in [0.717, 1.165) is 30.5 Å². The first-order valence-electron chi connectivity index (χ1n) is 6.30. The first-order valence-corrected chi connectivity index (χ1v) is 6.30. The highest BCUT2D eigenvalue weighted by molar-refractivity contribution is 6.02. The molecule has 1 aliphatic heterocycles. The SMILES string of the molecule is O=C(O)c1cccc2c(CN3CCCC3)c[nH]c12. The van der Waals surface area contributed by atoms with Crippen molar-refractivity contribution in [2.45, 2.75) is 19.4 Å². The molecule has 0 spiro atoms. The van der Waals surface area contributed by atoms with Crippen molar-refractivity contribution in [3.8, 4) is 0 Å². The number of aromatic carboxylic acids is 1. The van der Waals surface area contributed by atoms with Crippen LogP contribution >= 0.6 is 0 Å². The maximum Gasteiger partial charge on any atom is 0.337 e. The maximum atomic E-state index is 11.1. The molecule has 0 bridgehead atoms. The molecule has 2 N–H and O–H groups in total. The Morgan fingerprint density at radius 1 is 1.33 bits per heavy atom. The van der Waals surface area contributed by atoms with Crippen LogP contribution in [0.5, 0.6) is 0 Å². The molecule has 2 heterocycles. The molecule has 3 rings (SSSR count). The number of aromatic nitrogens is 1. The van der Waals surface area contributed by atoms with Crippen LogP contribution in [0, 0.1) is 0 Å². The minimum Gasteiger partial charge on any atom is -0.478 e. The molecule has 94 valence electrons. The molecule has 1 aromatic heterocycles. The Labute approximate surface area is 105 Å². The van der Waals surface area contributed by atoms with Crippen LogP contribution in [0.3, 0.4) is 0 Å². The molecule has 4 heteroatoms. The Balaban J connectivity index is 1.98. The molecular formula is C14H16N2O2. The van der Waals surface area contributed by atoms with Crippen molar-refractivity contribution >= 4 is 16.9 Å². The second kappa shape index (κ2) is 4.46. The smallest absolute Gasteiger partial charge is 0.337 e. The van der Waals surface area contributed by atoms with E-state index in [4.69, 9.17) is 5.11 Å². The number of nitrogens with zero attached hydrogens (tertiary/aromatic N) is 1. The quantitative estimate of drug-likeness (QED) is 0.872. The zero-order valence-corrected chi connectivity index (χ0v) is 10.1. The zero-order valence-electron chi connectivity index (χ0n) is 10.1. The van der Waals surface area contributed by atoms with Gasteiger partial charge < -0.3 is 10.1 Å². The Morgan fingerprint density at radius 3 is 2.83 bits per heavy atom. The van der Waals surface area contributed by atoms with Crippen molar-refractivity contribution < 1.29 is 9.90 Å². The summed E-state index contributed by atoms with van der Waals surface area (Å²) in [6, 6.07) is 5.44. The van der Waals surface area contributed by atoms with Gasteiger partial charge in [-0.05, 0) is 37.6 Å². The molecular weight excluding hydrogens is 228 g/mol. The lowest BCUT2D eigenvalue weighted by Gasteiger charge is -2.13. The van der Waals surface area contributed by atoms with Crippen LogP contribution in [-0.2, 0) is 6.54 Å². The predicted molar refractivity (Wildman–Crippen MR) is 69.8 cm³/mol. The maximum absolute atomic E-state index is 11.1. The summed E-state index contributed by atoms with van der Waals surface area (Å²) >= 11 is 0. The van der Waals surface area contributed by atoms with Crippen LogP contribution in [0.2, 0.25) is 0 Å². The van der Waals surface area contributed by atoms with E-state index >= 15 is 0 Å². The molecule has 1 fully saturated rings. The summed E-state index contributed by atoms with van der Waals surface area (Å²) < 4.78 is 0. The van der Waals surface area contributed by atoms with Gasteiger partial charge >= 0.3 is 5.97 Å². The first kappa shape index (κ1) is 11.3. The molecule has 18 heavy (non-hydrogen) atoms. The van der Waals surface area contributed by atoms with Gasteiger partial charge in [0.15, 0.2) is 0 Å². The van der Waals surface area contributed by atoms with Gasteiger partial charge in [-0.25, -0.2) is 4.79 Å². The number of nitrogens with one attached hydrogen (secondary N) is 1. The zero-order chi connectivity index (χ0) is 12.5. The number of carboxylic acids is 1. The summed E-state index contributed by atoms with van der Waals surface area (Å²) in [5.41, 5.74) is 2.27. The number of rotatable bonds is 3. The molecule has 4 nitrogen and oxygen atoms in total. The number of benzene rings is 1. The predicted octanol–water partition coefficient (Wildman–Crippen LogP) is 2.46. The standard InChI is InChI=1S/C14H16N2O2/c17-14(18)12-5-3-4-11-10(8-15-13(11)12)9-16-6-1-2-7-16/h3-5,8,15H,1-2,6-7,9H2,(H,17,18). The number of aromatic amines is 1. The van der Waals surface area contributed by atoms with Crippen molar-refractivity contribution in [3.63, 3.8) is 0 Å². The van der Waals surface area contributed by atoms with E-state index in [1.165, 1.54) is 18.4 Å².